The molecule has 0 fully saturated rings. The standard InChI is InChI=1S/C11H11IN2O2/c12-9-10(8-4-2-1-3-5-8)16-14-11(9)15-7-6-13/h1-5H,6-7,13H2. The van der Waals surface area contributed by atoms with E-state index in [1.165, 1.54) is 0 Å². The quantitative estimate of drug-likeness (QED) is 0.874. The van der Waals surface area contributed by atoms with Gasteiger partial charge in [-0.15, -0.1) is 0 Å². The van der Waals surface area contributed by atoms with Crippen LogP contribution in [0, 0.1) is 3.57 Å². The van der Waals surface area contributed by atoms with E-state index in [1.807, 2.05) is 30.3 Å². The van der Waals surface area contributed by atoms with Gasteiger partial charge in [0, 0.05) is 12.1 Å². The van der Waals surface area contributed by atoms with Crippen LogP contribution in [0.25, 0.3) is 11.3 Å². The zero-order chi connectivity index (χ0) is 11.4. The second kappa shape index (κ2) is 5.31. The van der Waals surface area contributed by atoms with E-state index in [0.29, 0.717) is 19.0 Å². The predicted molar refractivity (Wildman–Crippen MR) is 69.2 cm³/mol. The maximum absolute atomic E-state index is 5.36. The van der Waals surface area contributed by atoms with E-state index >= 15 is 0 Å². The van der Waals surface area contributed by atoms with Crippen LogP contribution in [0.1, 0.15) is 0 Å². The Labute approximate surface area is 107 Å². The maximum atomic E-state index is 5.36. The van der Waals surface area contributed by atoms with Crippen LogP contribution in [0.4, 0.5) is 0 Å². The molecule has 0 radical (unpaired) electrons. The van der Waals surface area contributed by atoms with Gasteiger partial charge in [0.25, 0.3) is 5.88 Å². The minimum Gasteiger partial charge on any atom is -0.473 e. The molecule has 0 amide bonds. The molecule has 4 nitrogen and oxygen atoms in total. The summed E-state index contributed by atoms with van der Waals surface area (Å²) >= 11 is 2.16. The Kier molecular flexibility index (Phi) is 3.79. The number of halogens is 1. The molecule has 0 saturated carbocycles. The van der Waals surface area contributed by atoms with Gasteiger partial charge in [0.05, 0.1) is 0 Å². The minimum atomic E-state index is 0.441. The van der Waals surface area contributed by atoms with Gasteiger partial charge in [-0.2, -0.15) is 0 Å². The topological polar surface area (TPSA) is 61.3 Å². The number of ether oxygens (including phenoxy) is 1. The number of hydrogen-bond donors (Lipinski definition) is 1. The maximum Gasteiger partial charge on any atom is 0.268 e. The average Bonchev–Trinajstić information content (AvgIpc) is 2.69. The minimum absolute atomic E-state index is 0.441. The molecular formula is C11H11IN2O2. The zero-order valence-corrected chi connectivity index (χ0v) is 10.7. The zero-order valence-electron chi connectivity index (χ0n) is 8.52. The van der Waals surface area contributed by atoms with E-state index < -0.39 is 0 Å². The van der Waals surface area contributed by atoms with Gasteiger partial charge in [-0.1, -0.05) is 30.3 Å². The van der Waals surface area contributed by atoms with Gasteiger partial charge in [0.2, 0.25) is 0 Å². The van der Waals surface area contributed by atoms with Gasteiger partial charge in [0.15, 0.2) is 5.76 Å². The lowest BCUT2D eigenvalue weighted by Crippen LogP contribution is -2.11. The fourth-order valence-electron chi connectivity index (χ4n) is 1.28. The highest BCUT2D eigenvalue weighted by molar-refractivity contribution is 14.1. The van der Waals surface area contributed by atoms with Crippen molar-refractivity contribution in [3.63, 3.8) is 0 Å². The van der Waals surface area contributed by atoms with Crippen molar-refractivity contribution in [2.75, 3.05) is 13.2 Å². The Morgan fingerprint density at radius 2 is 2.06 bits per heavy atom. The molecule has 84 valence electrons. The Bertz CT molecular complexity index is 456. The third-order valence-corrected chi connectivity index (χ3v) is 2.95. The highest BCUT2D eigenvalue weighted by atomic mass is 127. The Morgan fingerprint density at radius 3 is 2.75 bits per heavy atom. The third-order valence-electron chi connectivity index (χ3n) is 2.00. The molecule has 0 saturated heterocycles. The first-order valence-corrected chi connectivity index (χ1v) is 5.94. The molecule has 0 bridgehead atoms. The van der Waals surface area contributed by atoms with Crippen LogP contribution in [0.2, 0.25) is 0 Å². The second-order valence-corrected chi connectivity index (χ2v) is 4.21. The summed E-state index contributed by atoms with van der Waals surface area (Å²) < 4.78 is 11.5. The second-order valence-electron chi connectivity index (χ2n) is 3.13. The van der Waals surface area contributed by atoms with Crippen molar-refractivity contribution in [3.05, 3.63) is 33.9 Å². The normalized spacial score (nSPS) is 10.4. The summed E-state index contributed by atoms with van der Waals surface area (Å²) in [4.78, 5) is 0. The van der Waals surface area contributed by atoms with Crippen LogP contribution < -0.4 is 10.5 Å². The van der Waals surface area contributed by atoms with Gasteiger partial charge in [-0.05, 0) is 27.7 Å². The van der Waals surface area contributed by atoms with Gasteiger partial charge < -0.3 is 15.0 Å². The number of aromatic nitrogens is 1. The number of hydrogen-bond acceptors (Lipinski definition) is 4. The number of benzene rings is 1. The van der Waals surface area contributed by atoms with Crippen LogP contribution in [0.15, 0.2) is 34.9 Å². The van der Waals surface area contributed by atoms with E-state index in [9.17, 15) is 0 Å². The van der Waals surface area contributed by atoms with Crippen molar-refractivity contribution in [2.24, 2.45) is 5.73 Å². The molecule has 1 aromatic heterocycles. The largest absolute Gasteiger partial charge is 0.473 e. The molecule has 16 heavy (non-hydrogen) atoms. The van der Waals surface area contributed by atoms with Crippen LogP contribution in [0.3, 0.4) is 0 Å². The molecule has 0 aliphatic heterocycles. The SMILES string of the molecule is NCCOc1noc(-c2ccccc2)c1I. The molecular weight excluding hydrogens is 319 g/mol. The van der Waals surface area contributed by atoms with Crippen molar-refractivity contribution in [2.45, 2.75) is 0 Å². The average molecular weight is 330 g/mol. The summed E-state index contributed by atoms with van der Waals surface area (Å²) in [6, 6.07) is 9.80. The molecule has 0 unspecified atom stereocenters. The van der Waals surface area contributed by atoms with E-state index in [2.05, 4.69) is 27.7 Å². The van der Waals surface area contributed by atoms with E-state index in [4.69, 9.17) is 15.0 Å². The van der Waals surface area contributed by atoms with Crippen LogP contribution in [-0.4, -0.2) is 18.3 Å². The lowest BCUT2D eigenvalue weighted by molar-refractivity contribution is 0.287. The van der Waals surface area contributed by atoms with Gasteiger partial charge in [-0.25, -0.2) is 0 Å². The summed E-state index contributed by atoms with van der Waals surface area (Å²) in [5.41, 5.74) is 6.35. The van der Waals surface area contributed by atoms with Crippen molar-refractivity contribution in [3.8, 4) is 17.2 Å². The van der Waals surface area contributed by atoms with Crippen molar-refractivity contribution in [1.82, 2.24) is 5.16 Å². The van der Waals surface area contributed by atoms with E-state index in [0.717, 1.165) is 14.9 Å². The number of nitrogens with two attached hydrogens (primary N) is 1. The highest BCUT2D eigenvalue weighted by Crippen LogP contribution is 2.31. The Hall–Kier alpha value is -1.08. The molecule has 2 rings (SSSR count). The molecule has 0 atom stereocenters. The van der Waals surface area contributed by atoms with Crippen molar-refractivity contribution in [1.29, 1.82) is 0 Å². The Morgan fingerprint density at radius 1 is 1.31 bits per heavy atom. The third kappa shape index (κ3) is 2.35. The van der Waals surface area contributed by atoms with Crippen molar-refractivity contribution < 1.29 is 9.26 Å². The molecule has 0 aliphatic rings. The van der Waals surface area contributed by atoms with E-state index in [-0.39, 0.29) is 0 Å². The monoisotopic (exact) mass is 330 g/mol. The molecule has 2 aromatic rings. The lowest BCUT2D eigenvalue weighted by Gasteiger charge is -1.99. The van der Waals surface area contributed by atoms with Gasteiger partial charge in [-0.3, -0.25) is 0 Å². The number of rotatable bonds is 4. The van der Waals surface area contributed by atoms with Crippen LogP contribution >= 0.6 is 22.6 Å². The molecule has 2 N–H and O–H groups in total. The summed E-state index contributed by atoms with van der Waals surface area (Å²) in [5, 5.41) is 3.87. The first kappa shape index (κ1) is 11.4. The number of nitrogens with zero attached hydrogens (tertiary/aromatic N) is 1. The van der Waals surface area contributed by atoms with Crippen LogP contribution in [0.5, 0.6) is 5.88 Å². The summed E-state index contributed by atoms with van der Waals surface area (Å²) in [6.45, 7) is 0.903. The van der Waals surface area contributed by atoms with Gasteiger partial charge >= 0.3 is 0 Å². The molecule has 1 heterocycles. The smallest absolute Gasteiger partial charge is 0.268 e. The van der Waals surface area contributed by atoms with Crippen LogP contribution in [-0.2, 0) is 0 Å². The first-order valence-electron chi connectivity index (χ1n) is 4.86. The molecule has 0 spiro atoms. The molecule has 0 aliphatic carbocycles. The summed E-state index contributed by atoms with van der Waals surface area (Å²) in [7, 11) is 0. The van der Waals surface area contributed by atoms with Gasteiger partial charge in [0.1, 0.15) is 10.2 Å². The highest BCUT2D eigenvalue weighted by Gasteiger charge is 2.15. The fourth-order valence-corrected chi connectivity index (χ4v) is 1.94. The molecule has 1 aromatic carbocycles. The Balaban J connectivity index is 2.27. The van der Waals surface area contributed by atoms with E-state index in [1.54, 1.807) is 0 Å². The summed E-state index contributed by atoms with van der Waals surface area (Å²) in [6.07, 6.45) is 0. The first-order chi connectivity index (χ1) is 7.83. The lowest BCUT2D eigenvalue weighted by atomic mass is 10.2. The fraction of sp³-hybridized carbons (Fsp3) is 0.182. The molecule has 5 heteroatoms. The predicted octanol–water partition coefficient (Wildman–Crippen LogP) is 2.28. The van der Waals surface area contributed by atoms with Crippen molar-refractivity contribution >= 4 is 22.6 Å². The summed E-state index contributed by atoms with van der Waals surface area (Å²) in [5.74, 6) is 1.23.